The summed E-state index contributed by atoms with van der Waals surface area (Å²) in [4.78, 5) is 33.9. The van der Waals surface area contributed by atoms with Crippen molar-refractivity contribution in [1.29, 1.82) is 0 Å². The fourth-order valence-corrected chi connectivity index (χ4v) is 1.39. The first-order chi connectivity index (χ1) is 9.56. The Morgan fingerprint density at radius 1 is 1.10 bits per heavy atom. The van der Waals surface area contributed by atoms with Gasteiger partial charge in [0, 0.05) is 0 Å². The molecule has 0 bridgehead atoms. The Morgan fingerprint density at radius 2 is 1.80 bits per heavy atom. The number of hydrogen-bond donors (Lipinski definition) is 0. The van der Waals surface area contributed by atoms with Crippen LogP contribution in [0.1, 0.15) is 30.1 Å². The molecule has 0 N–H and O–H groups in total. The summed E-state index contributed by atoms with van der Waals surface area (Å²) in [5, 5.41) is 0. The Bertz CT molecular complexity index is 494. The van der Waals surface area contributed by atoms with E-state index in [9.17, 15) is 14.4 Å². The zero-order valence-electron chi connectivity index (χ0n) is 11.4. The van der Waals surface area contributed by atoms with Crippen LogP contribution in [0, 0.1) is 0 Å². The van der Waals surface area contributed by atoms with Crippen molar-refractivity contribution in [2.45, 2.75) is 19.8 Å². The molecule has 0 fully saturated rings. The maximum Gasteiger partial charge on any atom is 0.338 e. The van der Waals surface area contributed by atoms with E-state index < -0.39 is 17.9 Å². The minimum absolute atomic E-state index is 0.0487. The van der Waals surface area contributed by atoms with E-state index in [2.05, 4.69) is 4.74 Å². The molecular formula is C14H16O6. The van der Waals surface area contributed by atoms with E-state index in [1.807, 2.05) is 0 Å². The highest BCUT2D eigenvalue weighted by atomic mass is 16.5. The van der Waals surface area contributed by atoms with Crippen LogP contribution >= 0.6 is 0 Å². The third-order valence-electron chi connectivity index (χ3n) is 2.34. The van der Waals surface area contributed by atoms with Crippen LogP contribution in [0.5, 0.6) is 5.75 Å². The van der Waals surface area contributed by atoms with E-state index in [0.717, 1.165) is 0 Å². The maximum absolute atomic E-state index is 11.5. The highest BCUT2D eigenvalue weighted by Gasteiger charge is 2.11. The Labute approximate surface area is 116 Å². The van der Waals surface area contributed by atoms with Crippen molar-refractivity contribution in [3.05, 3.63) is 29.8 Å². The summed E-state index contributed by atoms with van der Waals surface area (Å²) in [7, 11) is 1.25. The summed E-state index contributed by atoms with van der Waals surface area (Å²) >= 11 is 0. The molecule has 0 saturated heterocycles. The monoisotopic (exact) mass is 280 g/mol. The van der Waals surface area contributed by atoms with Crippen LogP contribution in [0.15, 0.2) is 24.3 Å². The third kappa shape index (κ3) is 5.09. The lowest BCUT2D eigenvalue weighted by atomic mass is 10.2. The summed E-state index contributed by atoms with van der Waals surface area (Å²) in [5.41, 5.74) is 0.296. The van der Waals surface area contributed by atoms with Gasteiger partial charge in [0.25, 0.3) is 0 Å². The van der Waals surface area contributed by atoms with Crippen LogP contribution in [0.25, 0.3) is 0 Å². The lowest BCUT2D eigenvalue weighted by molar-refractivity contribution is -0.144. The lowest BCUT2D eigenvalue weighted by Crippen LogP contribution is -2.12. The van der Waals surface area contributed by atoms with Gasteiger partial charge in [0.2, 0.25) is 0 Å². The van der Waals surface area contributed by atoms with Crippen molar-refractivity contribution in [2.24, 2.45) is 0 Å². The fourth-order valence-electron chi connectivity index (χ4n) is 1.39. The van der Waals surface area contributed by atoms with Crippen molar-refractivity contribution in [3.8, 4) is 5.75 Å². The van der Waals surface area contributed by atoms with Crippen molar-refractivity contribution < 1.29 is 28.6 Å². The van der Waals surface area contributed by atoms with Gasteiger partial charge in [-0.2, -0.15) is 0 Å². The van der Waals surface area contributed by atoms with Gasteiger partial charge in [-0.3, -0.25) is 9.59 Å². The molecule has 0 heterocycles. The van der Waals surface area contributed by atoms with Crippen LogP contribution in [-0.2, 0) is 19.1 Å². The smallest absolute Gasteiger partial charge is 0.338 e. The molecule has 0 unspecified atom stereocenters. The third-order valence-corrected chi connectivity index (χ3v) is 2.34. The van der Waals surface area contributed by atoms with Crippen molar-refractivity contribution in [1.82, 2.24) is 0 Å². The number of carbonyl (C=O) groups excluding carboxylic acids is 3. The van der Waals surface area contributed by atoms with Crippen LogP contribution in [-0.4, -0.2) is 31.6 Å². The average Bonchev–Trinajstić information content (AvgIpc) is 2.45. The van der Waals surface area contributed by atoms with Crippen LogP contribution in [0.3, 0.4) is 0 Å². The number of esters is 3. The minimum atomic E-state index is -0.573. The molecule has 1 rings (SSSR count). The molecule has 0 aliphatic rings. The molecule has 6 nitrogen and oxygen atoms in total. The lowest BCUT2D eigenvalue weighted by Gasteiger charge is -2.06. The number of carbonyl (C=O) groups is 3. The number of hydrogen-bond acceptors (Lipinski definition) is 6. The number of methoxy groups -OCH3 is 1. The maximum atomic E-state index is 11.5. The minimum Gasteiger partial charge on any atom is -0.469 e. The van der Waals surface area contributed by atoms with Crippen LogP contribution in [0.4, 0.5) is 0 Å². The normalized spacial score (nSPS) is 9.70. The van der Waals surface area contributed by atoms with Gasteiger partial charge in [0.1, 0.15) is 5.75 Å². The molecule has 0 saturated carbocycles. The van der Waals surface area contributed by atoms with E-state index in [1.54, 1.807) is 25.1 Å². The predicted octanol–water partition coefficient (Wildman–Crippen LogP) is 1.72. The summed E-state index contributed by atoms with van der Waals surface area (Å²) in [5.74, 6) is -1.32. The highest BCUT2D eigenvalue weighted by molar-refractivity contribution is 5.90. The second kappa shape index (κ2) is 7.93. The quantitative estimate of drug-likeness (QED) is 0.583. The molecule has 20 heavy (non-hydrogen) atoms. The number of ether oxygens (including phenoxy) is 3. The van der Waals surface area contributed by atoms with Gasteiger partial charge in [-0.15, -0.1) is 0 Å². The molecule has 0 radical (unpaired) electrons. The molecular weight excluding hydrogens is 264 g/mol. The van der Waals surface area contributed by atoms with Gasteiger partial charge in [-0.25, -0.2) is 4.79 Å². The molecule has 0 aromatic heterocycles. The second-order valence-electron chi connectivity index (χ2n) is 3.80. The van der Waals surface area contributed by atoms with E-state index in [-0.39, 0.29) is 25.2 Å². The predicted molar refractivity (Wildman–Crippen MR) is 69.3 cm³/mol. The van der Waals surface area contributed by atoms with Crippen molar-refractivity contribution in [3.63, 3.8) is 0 Å². The zero-order chi connectivity index (χ0) is 15.0. The van der Waals surface area contributed by atoms with Gasteiger partial charge in [-0.05, 0) is 25.1 Å². The first-order valence-electron chi connectivity index (χ1n) is 6.11. The van der Waals surface area contributed by atoms with E-state index in [0.29, 0.717) is 5.56 Å². The van der Waals surface area contributed by atoms with E-state index in [1.165, 1.54) is 13.2 Å². The molecule has 0 amide bonds. The molecule has 0 aliphatic carbocycles. The number of rotatable bonds is 6. The SMILES string of the molecule is CCOC(=O)c1cccc(OC(=O)CCC(=O)OC)c1. The Hall–Kier alpha value is -2.37. The highest BCUT2D eigenvalue weighted by Crippen LogP contribution is 2.15. The Kier molecular flexibility index (Phi) is 6.22. The van der Waals surface area contributed by atoms with Gasteiger partial charge >= 0.3 is 17.9 Å². The van der Waals surface area contributed by atoms with Gasteiger partial charge in [0.15, 0.2) is 0 Å². The topological polar surface area (TPSA) is 78.9 Å². The molecule has 6 heteroatoms. The second-order valence-corrected chi connectivity index (χ2v) is 3.80. The zero-order valence-corrected chi connectivity index (χ0v) is 11.4. The van der Waals surface area contributed by atoms with E-state index >= 15 is 0 Å². The first kappa shape index (κ1) is 15.7. The molecule has 1 aromatic rings. The Morgan fingerprint density at radius 3 is 2.45 bits per heavy atom. The molecule has 1 aromatic carbocycles. The standard InChI is InChI=1S/C14H16O6/c1-3-19-14(17)10-5-4-6-11(9-10)20-13(16)8-7-12(15)18-2/h4-6,9H,3,7-8H2,1-2H3. The van der Waals surface area contributed by atoms with Crippen molar-refractivity contribution in [2.75, 3.05) is 13.7 Å². The summed E-state index contributed by atoms with van der Waals surface area (Å²) in [6.45, 7) is 1.97. The molecule has 0 spiro atoms. The Balaban J connectivity index is 2.59. The average molecular weight is 280 g/mol. The first-order valence-corrected chi connectivity index (χ1v) is 6.11. The van der Waals surface area contributed by atoms with Gasteiger partial charge < -0.3 is 14.2 Å². The summed E-state index contributed by atoms with van der Waals surface area (Å²) in [6.07, 6.45) is -0.136. The molecule has 0 atom stereocenters. The number of benzene rings is 1. The van der Waals surface area contributed by atoms with Crippen LogP contribution < -0.4 is 4.74 Å². The largest absolute Gasteiger partial charge is 0.469 e. The van der Waals surface area contributed by atoms with Gasteiger partial charge in [-0.1, -0.05) is 6.07 Å². The van der Waals surface area contributed by atoms with Crippen LogP contribution in [0.2, 0.25) is 0 Å². The van der Waals surface area contributed by atoms with E-state index in [4.69, 9.17) is 9.47 Å². The van der Waals surface area contributed by atoms with Gasteiger partial charge in [0.05, 0.1) is 32.1 Å². The summed E-state index contributed by atoms with van der Waals surface area (Å²) < 4.78 is 14.3. The molecule has 0 aliphatic heterocycles. The summed E-state index contributed by atoms with van der Waals surface area (Å²) in [6, 6.07) is 6.09. The molecule has 108 valence electrons. The fraction of sp³-hybridized carbons (Fsp3) is 0.357. The van der Waals surface area contributed by atoms with Crippen molar-refractivity contribution >= 4 is 17.9 Å².